The first kappa shape index (κ1) is 18.9. The van der Waals surface area contributed by atoms with Crippen molar-refractivity contribution >= 4 is 5.91 Å². The largest absolute Gasteiger partial charge is 0.455 e. The fourth-order valence-electron chi connectivity index (χ4n) is 4.08. The third kappa shape index (κ3) is 4.04. The van der Waals surface area contributed by atoms with Crippen molar-refractivity contribution in [3.63, 3.8) is 0 Å². The number of hydrogen-bond acceptors (Lipinski definition) is 5. The summed E-state index contributed by atoms with van der Waals surface area (Å²) in [7, 11) is 0. The first-order valence-electron chi connectivity index (χ1n) is 9.27. The Balaban J connectivity index is 1.32. The van der Waals surface area contributed by atoms with Crippen molar-refractivity contribution in [2.75, 3.05) is 19.6 Å². The quantitative estimate of drug-likeness (QED) is 0.798. The minimum Gasteiger partial charge on any atom is -0.338 e. The van der Waals surface area contributed by atoms with Crippen LogP contribution in [0.4, 0.5) is 13.2 Å². The Bertz CT molecular complexity index is 829. The van der Waals surface area contributed by atoms with Crippen molar-refractivity contribution in [1.82, 2.24) is 19.9 Å². The van der Waals surface area contributed by atoms with Crippen LogP contribution in [0, 0.1) is 5.41 Å². The molecular weight excluding hydrogens is 373 g/mol. The molecular formula is C19H21F3N4O2. The predicted molar refractivity (Wildman–Crippen MR) is 92.7 cm³/mol. The molecule has 2 fully saturated rings. The molecule has 1 aromatic heterocycles. The molecule has 0 atom stereocenters. The highest BCUT2D eigenvalue weighted by Crippen LogP contribution is 2.41. The van der Waals surface area contributed by atoms with Gasteiger partial charge in [-0.05, 0) is 36.9 Å². The molecule has 1 spiro atoms. The Labute approximate surface area is 160 Å². The van der Waals surface area contributed by atoms with E-state index in [1.165, 1.54) is 0 Å². The van der Waals surface area contributed by atoms with Gasteiger partial charge in [-0.3, -0.25) is 9.69 Å². The van der Waals surface area contributed by atoms with Crippen LogP contribution in [0.2, 0.25) is 0 Å². The summed E-state index contributed by atoms with van der Waals surface area (Å²) in [4.78, 5) is 19.8. The zero-order valence-corrected chi connectivity index (χ0v) is 15.3. The maximum Gasteiger partial charge on any atom is 0.455 e. The Hall–Kier alpha value is -2.42. The number of halogens is 3. The smallest absolute Gasteiger partial charge is 0.338 e. The van der Waals surface area contributed by atoms with Gasteiger partial charge in [-0.25, -0.2) is 0 Å². The van der Waals surface area contributed by atoms with Crippen LogP contribution in [-0.2, 0) is 24.1 Å². The zero-order valence-electron chi connectivity index (χ0n) is 15.3. The van der Waals surface area contributed by atoms with Crippen LogP contribution in [0.15, 0.2) is 34.9 Å². The number of benzene rings is 1. The van der Waals surface area contributed by atoms with E-state index in [1.807, 2.05) is 40.1 Å². The summed E-state index contributed by atoms with van der Waals surface area (Å²) in [6.07, 6.45) is -2.42. The van der Waals surface area contributed by atoms with E-state index < -0.39 is 12.0 Å². The molecule has 1 amide bonds. The maximum absolute atomic E-state index is 12.6. The second-order valence-electron chi connectivity index (χ2n) is 7.70. The molecule has 1 aromatic carbocycles. The van der Waals surface area contributed by atoms with Gasteiger partial charge in [0.1, 0.15) is 0 Å². The number of aromatic nitrogens is 2. The van der Waals surface area contributed by atoms with Crippen LogP contribution in [0.5, 0.6) is 0 Å². The highest BCUT2D eigenvalue weighted by Gasteiger charge is 2.45. The lowest BCUT2D eigenvalue weighted by atomic mass is 9.77. The summed E-state index contributed by atoms with van der Waals surface area (Å²) < 4.78 is 42.4. The highest BCUT2D eigenvalue weighted by atomic mass is 19.4. The molecule has 28 heavy (non-hydrogen) atoms. The van der Waals surface area contributed by atoms with Gasteiger partial charge in [0.2, 0.25) is 11.8 Å². The monoisotopic (exact) mass is 394 g/mol. The number of carbonyl (C=O) groups is 1. The van der Waals surface area contributed by atoms with E-state index in [9.17, 15) is 18.0 Å². The highest BCUT2D eigenvalue weighted by molar-refractivity contribution is 5.79. The number of amides is 1. The van der Waals surface area contributed by atoms with Gasteiger partial charge in [0.25, 0.3) is 5.82 Å². The van der Waals surface area contributed by atoms with E-state index in [4.69, 9.17) is 4.52 Å². The average Bonchev–Trinajstić information content (AvgIpc) is 3.24. The number of alkyl halides is 3. The number of rotatable bonds is 4. The van der Waals surface area contributed by atoms with Crippen molar-refractivity contribution in [2.24, 2.45) is 5.41 Å². The van der Waals surface area contributed by atoms with Crippen LogP contribution in [0.1, 0.15) is 36.5 Å². The molecule has 6 nitrogen and oxygen atoms in total. The summed E-state index contributed by atoms with van der Waals surface area (Å²) in [5, 5.41) is 2.99. The van der Waals surface area contributed by atoms with E-state index in [-0.39, 0.29) is 23.8 Å². The fraction of sp³-hybridized carbons (Fsp3) is 0.526. The Morgan fingerprint density at radius 1 is 1.11 bits per heavy atom. The molecule has 0 bridgehead atoms. The lowest BCUT2D eigenvalue weighted by Gasteiger charge is -2.38. The van der Waals surface area contributed by atoms with E-state index in [0.717, 1.165) is 24.9 Å². The number of likely N-dealkylation sites (tertiary alicyclic amines) is 2. The van der Waals surface area contributed by atoms with Gasteiger partial charge in [-0.15, -0.1) is 0 Å². The number of hydrogen-bond donors (Lipinski definition) is 0. The van der Waals surface area contributed by atoms with Gasteiger partial charge in [-0.1, -0.05) is 35.5 Å². The fourth-order valence-corrected chi connectivity index (χ4v) is 4.08. The number of nitrogens with zero attached hydrogens (tertiary/aromatic N) is 4. The van der Waals surface area contributed by atoms with E-state index in [0.29, 0.717) is 26.1 Å². The van der Waals surface area contributed by atoms with E-state index in [1.54, 1.807) is 0 Å². The van der Waals surface area contributed by atoms with Crippen LogP contribution in [-0.4, -0.2) is 45.5 Å². The molecule has 3 heterocycles. The Morgan fingerprint density at radius 3 is 2.46 bits per heavy atom. The lowest BCUT2D eigenvalue weighted by molar-refractivity contribution is -0.146. The van der Waals surface area contributed by atoms with Gasteiger partial charge >= 0.3 is 6.18 Å². The third-order valence-corrected chi connectivity index (χ3v) is 5.62. The third-order valence-electron chi connectivity index (χ3n) is 5.62. The molecule has 4 rings (SSSR count). The molecule has 2 aliphatic rings. The molecule has 0 N–H and O–H groups in total. The Kier molecular flexibility index (Phi) is 4.86. The van der Waals surface area contributed by atoms with Gasteiger partial charge in [0.05, 0.1) is 6.54 Å². The summed E-state index contributed by atoms with van der Waals surface area (Å²) >= 11 is 0. The van der Waals surface area contributed by atoms with E-state index in [2.05, 4.69) is 10.1 Å². The summed E-state index contributed by atoms with van der Waals surface area (Å²) in [5.74, 6) is -1.10. The van der Waals surface area contributed by atoms with Crippen molar-refractivity contribution in [3.8, 4) is 0 Å². The van der Waals surface area contributed by atoms with Crippen molar-refractivity contribution < 1.29 is 22.5 Å². The SMILES string of the molecule is O=C1CC2(CCN(Cc3nc(C(F)(F)F)no3)CC2)CN1Cc1ccccc1. The summed E-state index contributed by atoms with van der Waals surface area (Å²) in [5.41, 5.74) is 1.07. The minimum atomic E-state index is -4.60. The van der Waals surface area contributed by atoms with Gasteiger partial charge in [-0.2, -0.15) is 18.2 Å². The van der Waals surface area contributed by atoms with Crippen LogP contribution in [0.3, 0.4) is 0 Å². The van der Waals surface area contributed by atoms with Crippen LogP contribution >= 0.6 is 0 Å². The summed E-state index contributed by atoms with van der Waals surface area (Å²) in [6, 6.07) is 9.91. The van der Waals surface area contributed by atoms with Gasteiger partial charge < -0.3 is 9.42 Å². The molecule has 0 radical (unpaired) electrons. The second-order valence-corrected chi connectivity index (χ2v) is 7.70. The normalized spacial score (nSPS) is 20.2. The molecule has 0 saturated carbocycles. The summed E-state index contributed by atoms with van der Waals surface area (Å²) in [6.45, 7) is 2.92. The van der Waals surface area contributed by atoms with Crippen molar-refractivity contribution in [1.29, 1.82) is 0 Å². The molecule has 0 unspecified atom stereocenters. The molecule has 2 aliphatic heterocycles. The number of piperidine rings is 1. The molecule has 2 aromatic rings. The van der Waals surface area contributed by atoms with Gasteiger partial charge in [0.15, 0.2) is 0 Å². The van der Waals surface area contributed by atoms with Crippen molar-refractivity contribution in [3.05, 3.63) is 47.6 Å². The topological polar surface area (TPSA) is 62.5 Å². The average molecular weight is 394 g/mol. The first-order chi connectivity index (χ1) is 13.3. The molecule has 150 valence electrons. The number of carbonyl (C=O) groups excluding carboxylic acids is 1. The predicted octanol–water partition coefficient (Wildman–Crippen LogP) is 3.10. The maximum atomic E-state index is 12.6. The standard InChI is InChI=1S/C19H21F3N4O2/c20-19(21,22)17-23-15(28-24-17)12-25-8-6-18(7-9-25)10-16(27)26(13-18)11-14-4-2-1-3-5-14/h1-5H,6-13H2. The zero-order chi connectivity index (χ0) is 19.8. The van der Waals surface area contributed by atoms with E-state index >= 15 is 0 Å². The Morgan fingerprint density at radius 2 is 1.82 bits per heavy atom. The van der Waals surface area contributed by atoms with Crippen LogP contribution in [0.25, 0.3) is 0 Å². The minimum absolute atomic E-state index is 0.0310. The second kappa shape index (κ2) is 7.20. The lowest BCUT2D eigenvalue weighted by Crippen LogP contribution is -2.41. The van der Waals surface area contributed by atoms with Crippen LogP contribution < -0.4 is 0 Å². The molecule has 2 saturated heterocycles. The molecule has 0 aliphatic carbocycles. The first-order valence-corrected chi connectivity index (χ1v) is 9.27. The van der Waals surface area contributed by atoms with Gasteiger partial charge in [0, 0.05) is 19.5 Å². The molecule has 9 heteroatoms. The van der Waals surface area contributed by atoms with Crippen molar-refractivity contribution in [2.45, 2.75) is 38.5 Å².